The predicted octanol–water partition coefficient (Wildman–Crippen LogP) is 3.02. The zero-order chi connectivity index (χ0) is 17.5. The van der Waals surface area contributed by atoms with Gasteiger partial charge in [0, 0.05) is 34.7 Å². The molecule has 0 saturated carbocycles. The van der Waals surface area contributed by atoms with Gasteiger partial charge >= 0.3 is 11.8 Å². The van der Waals surface area contributed by atoms with E-state index in [0.29, 0.717) is 25.2 Å². The van der Waals surface area contributed by atoms with Crippen molar-refractivity contribution in [1.29, 1.82) is 0 Å². The lowest BCUT2D eigenvalue weighted by molar-refractivity contribution is -0.143. The third kappa shape index (κ3) is 5.02. The fraction of sp³-hybridized carbons (Fsp3) is 0.278. The lowest BCUT2D eigenvalue weighted by Crippen LogP contribution is -2.40. The van der Waals surface area contributed by atoms with Crippen LogP contribution < -0.4 is 5.32 Å². The maximum Gasteiger partial charge on any atom is 0.313 e. The van der Waals surface area contributed by atoms with E-state index in [2.05, 4.69) is 32.9 Å². The summed E-state index contributed by atoms with van der Waals surface area (Å²) in [6.45, 7) is 4.76. The molecule has 0 atom stereocenters. The van der Waals surface area contributed by atoms with Gasteiger partial charge in [0.25, 0.3) is 0 Å². The van der Waals surface area contributed by atoms with E-state index in [0.717, 1.165) is 14.7 Å². The van der Waals surface area contributed by atoms with E-state index in [9.17, 15) is 9.59 Å². The zero-order valence-electron chi connectivity index (χ0n) is 13.8. The van der Waals surface area contributed by atoms with Crippen molar-refractivity contribution >= 4 is 40.1 Å². The van der Waals surface area contributed by atoms with E-state index in [-0.39, 0.29) is 0 Å². The number of hydrogen-bond donors (Lipinski definition) is 1. The lowest BCUT2D eigenvalue weighted by Gasteiger charge is -2.20. The highest BCUT2D eigenvalue weighted by molar-refractivity contribution is 14.1. The van der Waals surface area contributed by atoms with Crippen LogP contribution in [-0.4, -0.2) is 34.8 Å². The van der Waals surface area contributed by atoms with E-state index in [1.807, 2.05) is 44.2 Å². The Morgan fingerprint density at radius 3 is 2.54 bits per heavy atom. The summed E-state index contributed by atoms with van der Waals surface area (Å²) >= 11 is 2.21. The standard InChI is InChI=1S/C18H20IN3O2/c1-3-22(11-8-14-6-9-20-10-7-14)18(24)17(23)21-16-5-4-15(19)12-13(16)2/h4-7,9-10,12H,3,8,11H2,1-2H3,(H,21,23). The Morgan fingerprint density at radius 2 is 1.92 bits per heavy atom. The third-order valence-electron chi connectivity index (χ3n) is 3.72. The first kappa shape index (κ1) is 18.4. The average molecular weight is 437 g/mol. The summed E-state index contributed by atoms with van der Waals surface area (Å²) in [5.74, 6) is -1.11. The van der Waals surface area contributed by atoms with Gasteiger partial charge in [-0.2, -0.15) is 0 Å². The van der Waals surface area contributed by atoms with Crippen LogP contribution >= 0.6 is 22.6 Å². The molecule has 1 aromatic heterocycles. The Labute approximate surface area is 155 Å². The van der Waals surface area contributed by atoms with Crippen molar-refractivity contribution < 1.29 is 9.59 Å². The summed E-state index contributed by atoms with van der Waals surface area (Å²) in [6.07, 6.45) is 4.14. The van der Waals surface area contributed by atoms with Crippen molar-refractivity contribution in [3.8, 4) is 0 Å². The zero-order valence-corrected chi connectivity index (χ0v) is 15.9. The van der Waals surface area contributed by atoms with Gasteiger partial charge in [0.2, 0.25) is 0 Å². The SMILES string of the molecule is CCN(CCc1ccncc1)C(=O)C(=O)Nc1ccc(I)cc1C. The van der Waals surface area contributed by atoms with E-state index in [1.165, 1.54) is 0 Å². The Hall–Kier alpha value is -1.96. The van der Waals surface area contributed by atoms with Gasteiger partial charge in [-0.05, 0) is 84.3 Å². The van der Waals surface area contributed by atoms with E-state index < -0.39 is 11.8 Å². The van der Waals surface area contributed by atoms with Crippen LogP contribution in [0.2, 0.25) is 0 Å². The molecule has 2 aromatic rings. The van der Waals surface area contributed by atoms with Gasteiger partial charge in [0.05, 0.1) is 0 Å². The number of anilines is 1. The predicted molar refractivity (Wildman–Crippen MR) is 103 cm³/mol. The number of hydrogen-bond acceptors (Lipinski definition) is 3. The number of pyridine rings is 1. The van der Waals surface area contributed by atoms with Crippen LogP contribution in [0.3, 0.4) is 0 Å². The Balaban J connectivity index is 1.98. The van der Waals surface area contributed by atoms with Crippen molar-refractivity contribution in [3.05, 3.63) is 57.4 Å². The summed E-state index contributed by atoms with van der Waals surface area (Å²) in [6, 6.07) is 9.49. The maximum absolute atomic E-state index is 12.4. The smallest absolute Gasteiger partial charge is 0.313 e. The summed E-state index contributed by atoms with van der Waals surface area (Å²) in [7, 11) is 0. The molecule has 0 radical (unpaired) electrons. The fourth-order valence-electron chi connectivity index (χ4n) is 2.30. The van der Waals surface area contributed by atoms with Crippen LogP contribution in [0.4, 0.5) is 5.69 Å². The number of likely N-dealkylation sites (N-methyl/N-ethyl adjacent to an activating group) is 1. The molecule has 1 heterocycles. The number of halogens is 1. The largest absolute Gasteiger partial charge is 0.334 e. The molecular formula is C18H20IN3O2. The minimum Gasteiger partial charge on any atom is -0.334 e. The molecule has 0 bridgehead atoms. The highest BCUT2D eigenvalue weighted by Crippen LogP contribution is 2.17. The Morgan fingerprint density at radius 1 is 1.21 bits per heavy atom. The monoisotopic (exact) mass is 437 g/mol. The van der Waals surface area contributed by atoms with E-state index >= 15 is 0 Å². The summed E-state index contributed by atoms with van der Waals surface area (Å²) in [4.78, 5) is 30.2. The van der Waals surface area contributed by atoms with Crippen molar-refractivity contribution in [2.24, 2.45) is 0 Å². The molecule has 0 aliphatic carbocycles. The van der Waals surface area contributed by atoms with Gasteiger partial charge in [-0.25, -0.2) is 0 Å². The normalized spacial score (nSPS) is 10.3. The molecule has 0 unspecified atom stereocenters. The number of aromatic nitrogens is 1. The summed E-state index contributed by atoms with van der Waals surface area (Å²) in [5, 5.41) is 2.71. The van der Waals surface area contributed by atoms with Gasteiger partial charge in [-0.1, -0.05) is 0 Å². The highest BCUT2D eigenvalue weighted by atomic mass is 127. The van der Waals surface area contributed by atoms with Crippen LogP contribution in [0.5, 0.6) is 0 Å². The van der Waals surface area contributed by atoms with Gasteiger partial charge < -0.3 is 10.2 Å². The number of rotatable bonds is 5. The number of nitrogens with zero attached hydrogens (tertiary/aromatic N) is 2. The molecule has 0 saturated heterocycles. The molecule has 0 spiro atoms. The minimum absolute atomic E-state index is 0.489. The molecule has 0 aliphatic rings. The second-order valence-corrected chi connectivity index (χ2v) is 6.65. The first-order chi connectivity index (χ1) is 11.5. The average Bonchev–Trinajstić information content (AvgIpc) is 2.58. The first-order valence-corrected chi connectivity index (χ1v) is 8.84. The van der Waals surface area contributed by atoms with E-state index in [1.54, 1.807) is 17.3 Å². The van der Waals surface area contributed by atoms with Crippen molar-refractivity contribution in [2.75, 3.05) is 18.4 Å². The van der Waals surface area contributed by atoms with Gasteiger partial charge in [-0.15, -0.1) is 0 Å². The van der Waals surface area contributed by atoms with E-state index in [4.69, 9.17) is 0 Å². The molecule has 2 rings (SSSR count). The lowest BCUT2D eigenvalue weighted by atomic mass is 10.2. The van der Waals surface area contributed by atoms with Crippen molar-refractivity contribution in [1.82, 2.24) is 9.88 Å². The van der Waals surface area contributed by atoms with Crippen LogP contribution in [0.15, 0.2) is 42.7 Å². The molecule has 5 nitrogen and oxygen atoms in total. The second kappa shape index (κ2) is 8.77. The molecule has 2 amide bonds. The molecular weight excluding hydrogens is 417 g/mol. The summed E-state index contributed by atoms with van der Waals surface area (Å²) in [5.41, 5.74) is 2.69. The van der Waals surface area contributed by atoms with Gasteiger partial charge in [0.15, 0.2) is 0 Å². The molecule has 1 aromatic carbocycles. The molecule has 126 valence electrons. The maximum atomic E-state index is 12.4. The van der Waals surface area contributed by atoms with Gasteiger partial charge in [-0.3, -0.25) is 14.6 Å². The summed E-state index contributed by atoms with van der Waals surface area (Å²) < 4.78 is 1.09. The highest BCUT2D eigenvalue weighted by Gasteiger charge is 2.21. The topological polar surface area (TPSA) is 62.3 Å². The molecule has 0 fully saturated rings. The number of benzene rings is 1. The molecule has 6 heteroatoms. The molecule has 0 aliphatic heterocycles. The third-order valence-corrected chi connectivity index (χ3v) is 4.39. The Kier molecular flexibility index (Phi) is 6.72. The minimum atomic E-state index is -0.601. The fourth-order valence-corrected chi connectivity index (χ4v) is 2.95. The number of carbonyl (C=O) groups is 2. The first-order valence-electron chi connectivity index (χ1n) is 7.76. The second-order valence-electron chi connectivity index (χ2n) is 5.40. The van der Waals surface area contributed by atoms with Crippen molar-refractivity contribution in [3.63, 3.8) is 0 Å². The van der Waals surface area contributed by atoms with Crippen LogP contribution in [0.25, 0.3) is 0 Å². The quantitative estimate of drug-likeness (QED) is 0.578. The molecule has 24 heavy (non-hydrogen) atoms. The van der Waals surface area contributed by atoms with Crippen molar-refractivity contribution in [2.45, 2.75) is 20.3 Å². The number of carbonyl (C=O) groups excluding carboxylic acids is 2. The number of amides is 2. The van der Waals surface area contributed by atoms with Crippen LogP contribution in [0, 0.1) is 10.5 Å². The Bertz CT molecular complexity index is 719. The number of aryl methyl sites for hydroxylation is 1. The van der Waals surface area contributed by atoms with Crippen LogP contribution in [0.1, 0.15) is 18.1 Å². The van der Waals surface area contributed by atoms with Gasteiger partial charge in [0.1, 0.15) is 0 Å². The molecule has 1 N–H and O–H groups in total. The number of nitrogens with one attached hydrogen (secondary N) is 1. The van der Waals surface area contributed by atoms with Crippen LogP contribution in [-0.2, 0) is 16.0 Å².